The minimum atomic E-state index is 0.984. The van der Waals surface area contributed by atoms with Gasteiger partial charge in [0.2, 0.25) is 0 Å². The van der Waals surface area contributed by atoms with Crippen LogP contribution >= 0.6 is 0 Å². The third-order valence-electron chi connectivity index (χ3n) is 4.97. The summed E-state index contributed by atoms with van der Waals surface area (Å²) in [6, 6.07) is 1.98. The average Bonchev–Trinajstić information content (AvgIpc) is 2.29. The van der Waals surface area contributed by atoms with Crippen LogP contribution in [0.2, 0.25) is 0 Å². The third-order valence-corrected chi connectivity index (χ3v) is 4.97. The summed E-state index contributed by atoms with van der Waals surface area (Å²) in [6.45, 7) is 0. The fraction of sp³-hybridized carbons (Fsp3) is 1.00. The summed E-state index contributed by atoms with van der Waals surface area (Å²) in [5.41, 5.74) is 0. The predicted molar refractivity (Wildman–Crippen MR) is 43.1 cm³/mol. The van der Waals surface area contributed by atoms with Crippen LogP contribution in [-0.4, -0.2) is 12.1 Å². The van der Waals surface area contributed by atoms with E-state index < -0.39 is 0 Å². The molecule has 0 aromatic heterocycles. The van der Waals surface area contributed by atoms with Gasteiger partial charge in [0.05, 0.1) is 0 Å². The maximum absolute atomic E-state index is 3.77. The largest absolute Gasteiger partial charge is 0.310 e. The Hall–Kier alpha value is -0.0400. The smallest absolute Gasteiger partial charge is 0.0147 e. The summed E-state index contributed by atoms with van der Waals surface area (Å²) in [5, 5.41) is 3.77. The average molecular weight is 149 g/mol. The number of hydrogen-bond acceptors (Lipinski definition) is 1. The lowest BCUT2D eigenvalue weighted by Crippen LogP contribution is -2.77. The van der Waals surface area contributed by atoms with Crippen LogP contribution in [0.5, 0.6) is 0 Å². The second kappa shape index (κ2) is 1.52. The molecule has 2 aliphatic heterocycles. The number of nitrogens with one attached hydrogen (secondary N) is 1. The van der Waals surface area contributed by atoms with Crippen molar-refractivity contribution >= 4 is 0 Å². The van der Waals surface area contributed by atoms with E-state index in [1.165, 1.54) is 5.92 Å². The predicted octanol–water partition coefficient (Wildman–Crippen LogP) is 1.39. The van der Waals surface area contributed by atoms with Gasteiger partial charge in [0, 0.05) is 12.1 Å². The Bertz CT molecular complexity index is 184. The van der Waals surface area contributed by atoms with Gasteiger partial charge >= 0.3 is 0 Å². The molecule has 4 aliphatic carbocycles. The van der Waals surface area contributed by atoms with E-state index in [2.05, 4.69) is 5.32 Å². The van der Waals surface area contributed by atoms with Crippen molar-refractivity contribution in [3.63, 3.8) is 0 Å². The highest BCUT2D eigenvalue weighted by molar-refractivity contribution is 5.20. The lowest BCUT2D eigenvalue weighted by molar-refractivity contribution is -0.119. The molecular formula is C10H15N. The highest BCUT2D eigenvalue weighted by atomic mass is 15.1. The molecule has 4 saturated carbocycles. The molecule has 6 bridgehead atoms. The van der Waals surface area contributed by atoms with Crippen molar-refractivity contribution in [1.29, 1.82) is 0 Å². The van der Waals surface area contributed by atoms with Crippen LogP contribution in [0, 0.1) is 23.7 Å². The molecule has 0 radical (unpaired) electrons. The molecule has 6 atom stereocenters. The van der Waals surface area contributed by atoms with Gasteiger partial charge in [-0.2, -0.15) is 0 Å². The number of fused-ring (bicyclic) bond motifs is 1. The molecule has 1 nitrogen and oxygen atoms in total. The topological polar surface area (TPSA) is 12.0 Å². The van der Waals surface area contributed by atoms with E-state index >= 15 is 0 Å². The van der Waals surface area contributed by atoms with Crippen LogP contribution < -0.4 is 5.32 Å². The molecule has 0 aromatic carbocycles. The Balaban J connectivity index is 1.83. The summed E-state index contributed by atoms with van der Waals surface area (Å²) in [6.07, 6.45) is 6.22. The molecule has 0 aromatic rings. The van der Waals surface area contributed by atoms with Crippen molar-refractivity contribution in [2.24, 2.45) is 23.7 Å². The molecule has 2 saturated heterocycles. The van der Waals surface area contributed by atoms with Crippen molar-refractivity contribution in [1.82, 2.24) is 5.32 Å². The van der Waals surface area contributed by atoms with Crippen LogP contribution in [0.1, 0.15) is 25.7 Å². The SMILES string of the molecule is C1C[C@@H]2CCC3C1C1N[C@@H]2C31. The van der Waals surface area contributed by atoms with Crippen molar-refractivity contribution in [3.8, 4) is 0 Å². The van der Waals surface area contributed by atoms with Gasteiger partial charge in [-0.25, -0.2) is 0 Å². The van der Waals surface area contributed by atoms with Crippen LogP contribution in [-0.2, 0) is 0 Å². The summed E-state index contributed by atoms with van der Waals surface area (Å²) < 4.78 is 0. The van der Waals surface area contributed by atoms with E-state index in [1.54, 1.807) is 25.7 Å². The molecule has 1 heteroatoms. The minimum absolute atomic E-state index is 0.984. The maximum Gasteiger partial charge on any atom is 0.0147 e. The first-order chi connectivity index (χ1) is 5.45. The molecule has 0 amide bonds. The monoisotopic (exact) mass is 149 g/mol. The summed E-state index contributed by atoms with van der Waals surface area (Å²) >= 11 is 0. The number of piperidine rings is 1. The Kier molecular flexibility index (Phi) is 0.769. The van der Waals surface area contributed by atoms with Crippen molar-refractivity contribution < 1.29 is 0 Å². The zero-order chi connectivity index (χ0) is 7.00. The molecular weight excluding hydrogens is 134 g/mol. The van der Waals surface area contributed by atoms with Gasteiger partial charge in [0.25, 0.3) is 0 Å². The van der Waals surface area contributed by atoms with Gasteiger partial charge in [-0.1, -0.05) is 0 Å². The van der Waals surface area contributed by atoms with E-state index in [9.17, 15) is 0 Å². The van der Waals surface area contributed by atoms with Crippen LogP contribution in [0.15, 0.2) is 0 Å². The van der Waals surface area contributed by atoms with E-state index in [4.69, 9.17) is 0 Å². The summed E-state index contributed by atoms with van der Waals surface area (Å²) in [5.74, 6) is 4.52. The van der Waals surface area contributed by atoms with E-state index in [0.717, 1.165) is 29.8 Å². The summed E-state index contributed by atoms with van der Waals surface area (Å²) in [7, 11) is 0. The van der Waals surface area contributed by atoms with E-state index in [-0.39, 0.29) is 0 Å². The van der Waals surface area contributed by atoms with Gasteiger partial charge in [0.15, 0.2) is 0 Å². The standard InChI is InChI=1S/C10H15N/c1-3-6-7-4-2-5(1)9-8(6)10(7)11-9/h5-11H,1-4H2/t5-,6?,7?,8?,9-,10?/m0/s1. The highest BCUT2D eigenvalue weighted by Crippen LogP contribution is 2.62. The quantitative estimate of drug-likeness (QED) is 0.549. The van der Waals surface area contributed by atoms with Crippen molar-refractivity contribution in [2.75, 3.05) is 0 Å². The Morgan fingerprint density at radius 1 is 0.818 bits per heavy atom. The molecule has 6 rings (SSSR count). The van der Waals surface area contributed by atoms with Crippen LogP contribution in [0.25, 0.3) is 0 Å². The van der Waals surface area contributed by atoms with Gasteiger partial charge in [-0.05, 0) is 49.4 Å². The molecule has 0 spiro atoms. The maximum atomic E-state index is 3.77. The lowest BCUT2D eigenvalue weighted by Gasteiger charge is -2.66. The molecule has 6 aliphatic rings. The first-order valence-electron chi connectivity index (χ1n) is 5.21. The summed E-state index contributed by atoms with van der Waals surface area (Å²) in [4.78, 5) is 0. The first-order valence-corrected chi connectivity index (χ1v) is 5.21. The van der Waals surface area contributed by atoms with Crippen LogP contribution in [0.4, 0.5) is 0 Å². The molecule has 60 valence electrons. The fourth-order valence-electron chi connectivity index (χ4n) is 4.46. The van der Waals surface area contributed by atoms with Gasteiger partial charge < -0.3 is 5.32 Å². The Morgan fingerprint density at radius 2 is 1.64 bits per heavy atom. The molecule has 2 heterocycles. The second-order valence-corrected chi connectivity index (χ2v) is 5.04. The Labute approximate surface area is 67.6 Å². The zero-order valence-electron chi connectivity index (χ0n) is 6.79. The molecule has 1 N–H and O–H groups in total. The zero-order valence-corrected chi connectivity index (χ0v) is 6.79. The van der Waals surface area contributed by atoms with E-state index in [1.807, 2.05) is 0 Å². The van der Waals surface area contributed by atoms with Crippen LogP contribution in [0.3, 0.4) is 0 Å². The van der Waals surface area contributed by atoms with Gasteiger partial charge in [-0.15, -0.1) is 0 Å². The van der Waals surface area contributed by atoms with Gasteiger partial charge in [0.1, 0.15) is 0 Å². The van der Waals surface area contributed by atoms with Gasteiger partial charge in [-0.3, -0.25) is 0 Å². The van der Waals surface area contributed by atoms with Crippen molar-refractivity contribution in [3.05, 3.63) is 0 Å². The third kappa shape index (κ3) is 0.438. The molecule has 6 fully saturated rings. The molecule has 11 heavy (non-hydrogen) atoms. The minimum Gasteiger partial charge on any atom is -0.310 e. The fourth-order valence-corrected chi connectivity index (χ4v) is 4.46. The Morgan fingerprint density at radius 3 is 2.55 bits per heavy atom. The normalized spacial score (nSPS) is 69.8. The number of hydrogen-bond donors (Lipinski definition) is 1. The molecule has 4 unspecified atom stereocenters. The lowest BCUT2D eigenvalue weighted by atomic mass is 9.49. The van der Waals surface area contributed by atoms with E-state index in [0.29, 0.717) is 0 Å². The first kappa shape index (κ1) is 5.58. The second-order valence-electron chi connectivity index (χ2n) is 5.04. The van der Waals surface area contributed by atoms with Crippen molar-refractivity contribution in [2.45, 2.75) is 37.8 Å². The highest BCUT2D eigenvalue weighted by Gasteiger charge is 2.65. The number of rotatable bonds is 0.